The Labute approximate surface area is 69.2 Å². The van der Waals surface area contributed by atoms with E-state index < -0.39 is 0 Å². The number of rotatable bonds is 0. The Morgan fingerprint density at radius 3 is 1.00 bits per heavy atom. The first kappa shape index (κ1) is 35.4. The second kappa shape index (κ2) is 19.2. The van der Waals surface area contributed by atoms with Gasteiger partial charge in [0.25, 0.3) is 0 Å². The van der Waals surface area contributed by atoms with Crippen molar-refractivity contribution in [2.45, 2.75) is 0 Å². The maximum Gasteiger partial charge on any atom is 0 e. The van der Waals surface area contributed by atoms with Gasteiger partial charge < -0.3 is 0 Å². The summed E-state index contributed by atoms with van der Waals surface area (Å²) in [7, 11) is 0. The van der Waals surface area contributed by atoms with Gasteiger partial charge in [-0.3, -0.25) is 0 Å². The SMILES string of the molecule is [Cr].[LiH].[Mn].[Ni]. The van der Waals surface area contributed by atoms with Gasteiger partial charge >= 0.3 is 18.9 Å². The molecule has 0 bridgehead atoms. The third kappa shape index (κ3) is 8.91. The smallest absolute Gasteiger partial charge is 0 e. The third-order valence-corrected chi connectivity index (χ3v) is 0. The van der Waals surface area contributed by atoms with Gasteiger partial charge in [0, 0.05) is 50.9 Å². The van der Waals surface area contributed by atoms with Crippen LogP contribution in [0.1, 0.15) is 0 Å². The summed E-state index contributed by atoms with van der Waals surface area (Å²) >= 11 is 0. The molecule has 0 atom stereocenters. The Morgan fingerprint density at radius 2 is 1.00 bits per heavy atom. The van der Waals surface area contributed by atoms with Gasteiger partial charge in [-0.1, -0.05) is 0 Å². The Bertz CT molecular complexity index is 8.00. The van der Waals surface area contributed by atoms with Crippen LogP contribution < -0.4 is 0 Å². The summed E-state index contributed by atoms with van der Waals surface area (Å²) < 4.78 is 0. The van der Waals surface area contributed by atoms with E-state index in [1.807, 2.05) is 0 Å². The molecule has 1 radical (unpaired) electrons. The second-order valence-corrected chi connectivity index (χ2v) is 0. The first-order valence-corrected chi connectivity index (χ1v) is 0. The summed E-state index contributed by atoms with van der Waals surface area (Å²) in [5, 5.41) is 0. The molecule has 0 fully saturated rings. The van der Waals surface area contributed by atoms with Gasteiger partial charge in [-0.15, -0.1) is 0 Å². The molecular weight excluding hydrogens is 173 g/mol. The maximum absolute atomic E-state index is 0. The molecule has 0 aliphatic heterocycles. The van der Waals surface area contributed by atoms with Gasteiger partial charge in [0.2, 0.25) is 0 Å². The van der Waals surface area contributed by atoms with E-state index in [0.717, 1.165) is 0 Å². The van der Waals surface area contributed by atoms with Crippen LogP contribution in [0.3, 0.4) is 0 Å². The average molecular weight is 174 g/mol. The molecule has 0 aliphatic carbocycles. The van der Waals surface area contributed by atoms with Crippen LogP contribution in [0.25, 0.3) is 0 Å². The summed E-state index contributed by atoms with van der Waals surface area (Å²) in [5.41, 5.74) is 0. The first-order valence-electron chi connectivity index (χ1n) is 0. The second-order valence-electron chi connectivity index (χ2n) is 0. The normalized spacial score (nSPS) is 0. The fourth-order valence-electron chi connectivity index (χ4n) is 0. The summed E-state index contributed by atoms with van der Waals surface area (Å²) in [6.07, 6.45) is 0. The van der Waals surface area contributed by atoms with Gasteiger partial charge in [-0.2, -0.15) is 0 Å². The average Bonchev–Trinajstić information content (AvgIpc) is 0. The minimum atomic E-state index is 0. The zero-order chi connectivity index (χ0) is 0. The maximum atomic E-state index is 0. The Kier molecular flexibility index (Phi) is 170. The molecule has 0 rings (SSSR count). The van der Waals surface area contributed by atoms with Gasteiger partial charge in [0.15, 0.2) is 0 Å². The molecule has 4 heteroatoms. The molecule has 0 spiro atoms. The van der Waals surface area contributed by atoms with Crippen molar-refractivity contribution in [2.75, 3.05) is 0 Å². The fraction of sp³-hybridized carbons (Fsp3) is 0. The van der Waals surface area contributed by atoms with E-state index in [9.17, 15) is 0 Å². The summed E-state index contributed by atoms with van der Waals surface area (Å²) in [6.45, 7) is 0. The number of hydrogen-bond acceptors (Lipinski definition) is 0. The molecule has 0 amide bonds. The molecule has 0 nitrogen and oxygen atoms in total. The molecule has 0 aromatic heterocycles. The minimum Gasteiger partial charge on any atom is 0 e. The standard InChI is InChI=1S/Cr.Li.Mn.Ni.H. The van der Waals surface area contributed by atoms with Crippen molar-refractivity contribution in [3.63, 3.8) is 0 Å². The molecule has 0 heterocycles. The Morgan fingerprint density at radius 1 is 1.00 bits per heavy atom. The van der Waals surface area contributed by atoms with Gasteiger partial charge in [-0.25, -0.2) is 0 Å². The molecule has 0 N–H and O–H groups in total. The van der Waals surface area contributed by atoms with Crippen LogP contribution in [0.15, 0.2) is 0 Å². The summed E-state index contributed by atoms with van der Waals surface area (Å²) in [6, 6.07) is 0. The van der Waals surface area contributed by atoms with E-state index in [0.29, 0.717) is 0 Å². The van der Waals surface area contributed by atoms with Crippen LogP contribution in [-0.2, 0) is 50.9 Å². The van der Waals surface area contributed by atoms with Crippen LogP contribution in [0.5, 0.6) is 0 Å². The van der Waals surface area contributed by atoms with Gasteiger partial charge in [0.1, 0.15) is 0 Å². The van der Waals surface area contributed by atoms with Crippen molar-refractivity contribution >= 4 is 18.9 Å². The van der Waals surface area contributed by atoms with Crippen LogP contribution in [-0.4, -0.2) is 18.9 Å². The van der Waals surface area contributed by atoms with E-state index in [1.54, 1.807) is 0 Å². The molecular formula is HCrLiMnNi. The topological polar surface area (TPSA) is 0 Å². The van der Waals surface area contributed by atoms with Crippen molar-refractivity contribution in [3.8, 4) is 0 Å². The predicted octanol–water partition coefficient (Wildman–Crippen LogP) is -0.656. The zero-order valence-electron chi connectivity index (χ0n) is 1.10. The van der Waals surface area contributed by atoms with Crippen molar-refractivity contribution in [1.82, 2.24) is 0 Å². The largest absolute Gasteiger partial charge is 0 e. The molecule has 25 valence electrons. The van der Waals surface area contributed by atoms with E-state index in [1.165, 1.54) is 0 Å². The van der Waals surface area contributed by atoms with E-state index >= 15 is 0 Å². The van der Waals surface area contributed by atoms with Crippen LogP contribution >= 0.6 is 0 Å². The number of hydrogen-bond donors (Lipinski definition) is 0. The molecule has 0 aliphatic rings. The van der Waals surface area contributed by atoms with Crippen LogP contribution in [0.2, 0.25) is 0 Å². The van der Waals surface area contributed by atoms with Crippen LogP contribution in [0, 0.1) is 0 Å². The van der Waals surface area contributed by atoms with Crippen LogP contribution in [0.4, 0.5) is 0 Å². The van der Waals surface area contributed by atoms with E-state index in [4.69, 9.17) is 0 Å². The van der Waals surface area contributed by atoms with E-state index in [2.05, 4.69) is 0 Å². The fourth-order valence-corrected chi connectivity index (χ4v) is 0. The monoisotopic (exact) mass is 173 g/mol. The molecule has 0 saturated heterocycles. The van der Waals surface area contributed by atoms with Crippen molar-refractivity contribution in [3.05, 3.63) is 0 Å². The van der Waals surface area contributed by atoms with E-state index in [-0.39, 0.29) is 69.8 Å². The van der Waals surface area contributed by atoms with Crippen molar-refractivity contribution in [2.24, 2.45) is 0 Å². The summed E-state index contributed by atoms with van der Waals surface area (Å²) in [5.74, 6) is 0. The summed E-state index contributed by atoms with van der Waals surface area (Å²) in [4.78, 5) is 0. The molecule has 0 saturated carbocycles. The molecule has 0 aromatic rings. The van der Waals surface area contributed by atoms with Crippen molar-refractivity contribution < 1.29 is 50.9 Å². The molecule has 0 unspecified atom stereocenters. The van der Waals surface area contributed by atoms with Gasteiger partial charge in [0.05, 0.1) is 0 Å². The predicted molar refractivity (Wildman–Crippen MR) is 7.15 cm³/mol. The Hall–Kier alpha value is 2.14. The Balaban J connectivity index is 0. The zero-order valence-corrected chi connectivity index (χ0v) is 4.55. The quantitative estimate of drug-likeness (QED) is 0.427. The molecule has 4 heavy (non-hydrogen) atoms. The van der Waals surface area contributed by atoms with Gasteiger partial charge in [-0.05, 0) is 0 Å². The van der Waals surface area contributed by atoms with Crippen molar-refractivity contribution in [1.29, 1.82) is 0 Å². The first-order chi connectivity index (χ1) is 0. The minimum absolute atomic E-state index is 0. The third-order valence-electron chi connectivity index (χ3n) is 0. The molecule has 0 aromatic carbocycles.